The molecule has 2 aromatic rings. The average Bonchev–Trinajstić information content (AvgIpc) is 3.00. The fraction of sp³-hybridized carbons (Fsp3) is 0.385. The molecular weight excluding hydrogens is 278 g/mol. The number of amides is 2. The number of hydrogen-bond donors (Lipinski definition) is 2. The van der Waals surface area contributed by atoms with Crippen LogP contribution in [0.3, 0.4) is 0 Å². The Morgan fingerprint density at radius 1 is 1.47 bits per heavy atom. The number of aromatic nitrogens is 1. The zero-order chi connectivity index (χ0) is 13.7. The van der Waals surface area contributed by atoms with Crippen molar-refractivity contribution in [2.75, 3.05) is 6.54 Å². The number of thiazole rings is 1. The molecule has 19 heavy (non-hydrogen) atoms. The number of carbonyl (C=O) groups is 1. The number of hydrogen-bond acceptors (Lipinski definition) is 4. The highest BCUT2D eigenvalue weighted by Gasteiger charge is 2.11. The minimum absolute atomic E-state index is 0.0552. The van der Waals surface area contributed by atoms with Gasteiger partial charge in [-0.3, -0.25) is 0 Å². The van der Waals surface area contributed by atoms with Crippen LogP contribution in [-0.4, -0.2) is 17.6 Å². The zero-order valence-corrected chi connectivity index (χ0v) is 12.6. The van der Waals surface area contributed by atoms with E-state index in [9.17, 15) is 4.79 Å². The van der Waals surface area contributed by atoms with E-state index in [1.165, 1.54) is 4.88 Å². The van der Waals surface area contributed by atoms with Crippen LogP contribution in [0, 0.1) is 6.92 Å². The topological polar surface area (TPSA) is 54.0 Å². The van der Waals surface area contributed by atoms with Crippen LogP contribution in [0.1, 0.15) is 28.5 Å². The van der Waals surface area contributed by atoms with Crippen LogP contribution in [0.4, 0.5) is 4.79 Å². The highest BCUT2D eigenvalue weighted by atomic mass is 32.1. The molecule has 1 atom stereocenters. The Hall–Kier alpha value is -1.40. The molecule has 1 unspecified atom stereocenters. The number of rotatable bonds is 5. The summed E-state index contributed by atoms with van der Waals surface area (Å²) in [5.74, 6) is 0. The molecule has 2 amide bonds. The molecule has 0 fully saturated rings. The van der Waals surface area contributed by atoms with E-state index in [0.29, 0.717) is 6.54 Å². The van der Waals surface area contributed by atoms with Crippen LogP contribution in [-0.2, 0) is 6.42 Å². The van der Waals surface area contributed by atoms with Gasteiger partial charge in [-0.25, -0.2) is 9.78 Å². The van der Waals surface area contributed by atoms with Crippen LogP contribution in [0.5, 0.6) is 0 Å². The lowest BCUT2D eigenvalue weighted by Gasteiger charge is -2.12. The molecule has 4 nitrogen and oxygen atoms in total. The van der Waals surface area contributed by atoms with Crippen LogP contribution in [0.15, 0.2) is 22.9 Å². The van der Waals surface area contributed by atoms with Gasteiger partial charge in [0.05, 0.1) is 6.04 Å². The van der Waals surface area contributed by atoms with E-state index in [0.717, 1.165) is 17.1 Å². The molecule has 0 bridgehead atoms. The van der Waals surface area contributed by atoms with Crippen LogP contribution < -0.4 is 10.6 Å². The molecule has 2 heterocycles. The molecule has 0 aliphatic carbocycles. The van der Waals surface area contributed by atoms with Crippen molar-refractivity contribution in [3.05, 3.63) is 38.5 Å². The molecule has 0 aliphatic rings. The van der Waals surface area contributed by atoms with Gasteiger partial charge in [-0.1, -0.05) is 6.07 Å². The number of nitrogens with one attached hydrogen (secondary N) is 2. The van der Waals surface area contributed by atoms with Crippen LogP contribution in [0.2, 0.25) is 0 Å². The fourth-order valence-electron chi connectivity index (χ4n) is 1.63. The minimum Gasteiger partial charge on any atom is -0.338 e. The molecule has 2 rings (SSSR count). The minimum atomic E-state index is -0.142. The number of aryl methyl sites for hydroxylation is 1. The highest BCUT2D eigenvalue weighted by molar-refractivity contribution is 7.10. The van der Waals surface area contributed by atoms with Gasteiger partial charge in [0, 0.05) is 22.5 Å². The molecule has 0 aromatic carbocycles. The molecule has 102 valence electrons. The Bertz CT molecular complexity index is 522. The van der Waals surface area contributed by atoms with Crippen molar-refractivity contribution in [2.24, 2.45) is 0 Å². The van der Waals surface area contributed by atoms with Crippen molar-refractivity contribution < 1.29 is 4.79 Å². The second-order valence-electron chi connectivity index (χ2n) is 4.28. The number of urea groups is 1. The first-order chi connectivity index (χ1) is 9.15. The van der Waals surface area contributed by atoms with Crippen molar-refractivity contribution in [3.63, 3.8) is 0 Å². The summed E-state index contributed by atoms with van der Waals surface area (Å²) in [6.07, 6.45) is 0.871. The van der Waals surface area contributed by atoms with E-state index >= 15 is 0 Å². The number of nitrogens with zero attached hydrogens (tertiary/aromatic N) is 1. The zero-order valence-electron chi connectivity index (χ0n) is 11.0. The maximum atomic E-state index is 11.7. The summed E-state index contributed by atoms with van der Waals surface area (Å²) in [6, 6.07) is 3.90. The van der Waals surface area contributed by atoms with Crippen molar-refractivity contribution in [1.82, 2.24) is 15.6 Å². The third-order valence-electron chi connectivity index (χ3n) is 2.59. The van der Waals surface area contributed by atoms with Gasteiger partial charge in [-0.2, -0.15) is 0 Å². The smallest absolute Gasteiger partial charge is 0.315 e. The van der Waals surface area contributed by atoms with Crippen LogP contribution >= 0.6 is 22.7 Å². The van der Waals surface area contributed by atoms with Crippen molar-refractivity contribution in [2.45, 2.75) is 26.3 Å². The molecule has 0 radical (unpaired) electrons. The Kier molecular flexibility index (Phi) is 4.93. The summed E-state index contributed by atoms with van der Waals surface area (Å²) in [5.41, 5.74) is 0.992. The first-order valence-corrected chi connectivity index (χ1v) is 7.90. The maximum absolute atomic E-state index is 11.7. The normalized spacial score (nSPS) is 12.1. The lowest BCUT2D eigenvalue weighted by molar-refractivity contribution is 0.238. The van der Waals surface area contributed by atoms with E-state index in [4.69, 9.17) is 0 Å². The Morgan fingerprint density at radius 2 is 2.32 bits per heavy atom. The summed E-state index contributed by atoms with van der Waals surface area (Å²) in [6.45, 7) is 4.54. The maximum Gasteiger partial charge on any atom is 0.315 e. The summed E-state index contributed by atoms with van der Waals surface area (Å²) < 4.78 is 0. The van der Waals surface area contributed by atoms with E-state index in [-0.39, 0.29) is 12.1 Å². The van der Waals surface area contributed by atoms with Crippen molar-refractivity contribution >= 4 is 28.7 Å². The fourth-order valence-corrected chi connectivity index (χ4v) is 3.15. The number of carbonyl (C=O) groups excluding carboxylic acids is 1. The highest BCUT2D eigenvalue weighted by Crippen LogP contribution is 2.17. The average molecular weight is 295 g/mol. The van der Waals surface area contributed by atoms with Gasteiger partial charge < -0.3 is 10.6 Å². The molecular formula is C13H17N3OS2. The van der Waals surface area contributed by atoms with E-state index in [1.54, 1.807) is 22.7 Å². The first-order valence-electron chi connectivity index (χ1n) is 6.14. The summed E-state index contributed by atoms with van der Waals surface area (Å²) in [5, 5.41) is 10.7. The number of thiophene rings is 1. The van der Waals surface area contributed by atoms with E-state index in [1.807, 2.05) is 30.7 Å². The summed E-state index contributed by atoms with van der Waals surface area (Å²) in [4.78, 5) is 17.4. The molecule has 0 saturated carbocycles. The first kappa shape index (κ1) is 14.0. The largest absolute Gasteiger partial charge is 0.338 e. The van der Waals surface area contributed by atoms with E-state index in [2.05, 4.69) is 21.7 Å². The SMILES string of the molecule is Cc1csc(C(C)NC(=O)NCCc2cccs2)n1. The second kappa shape index (κ2) is 6.68. The lowest BCUT2D eigenvalue weighted by atomic mass is 10.3. The predicted octanol–water partition coefficient (Wildman–Crippen LogP) is 3.12. The standard InChI is InChI=1S/C13H17N3OS2/c1-9-8-19-12(15-9)10(2)16-13(17)14-6-5-11-4-3-7-18-11/h3-4,7-8,10H,5-6H2,1-2H3,(H2,14,16,17). The monoisotopic (exact) mass is 295 g/mol. The Balaban J connectivity index is 1.72. The molecule has 6 heteroatoms. The molecule has 0 spiro atoms. The lowest BCUT2D eigenvalue weighted by Crippen LogP contribution is -2.37. The second-order valence-corrected chi connectivity index (χ2v) is 6.20. The van der Waals surface area contributed by atoms with Gasteiger partial charge in [0.1, 0.15) is 5.01 Å². The van der Waals surface area contributed by atoms with Gasteiger partial charge in [0.2, 0.25) is 0 Å². The predicted molar refractivity (Wildman–Crippen MR) is 79.8 cm³/mol. The quantitative estimate of drug-likeness (QED) is 0.890. The summed E-state index contributed by atoms with van der Waals surface area (Å²) >= 11 is 3.28. The molecule has 0 saturated heterocycles. The van der Waals surface area contributed by atoms with Gasteiger partial charge in [0.15, 0.2) is 0 Å². The van der Waals surface area contributed by atoms with E-state index < -0.39 is 0 Å². The van der Waals surface area contributed by atoms with Crippen molar-refractivity contribution in [3.8, 4) is 0 Å². The molecule has 2 aromatic heterocycles. The van der Waals surface area contributed by atoms with Crippen molar-refractivity contribution in [1.29, 1.82) is 0 Å². The summed E-state index contributed by atoms with van der Waals surface area (Å²) in [7, 11) is 0. The Labute approximate surface area is 120 Å². The molecule has 0 aliphatic heterocycles. The Morgan fingerprint density at radius 3 is 2.95 bits per heavy atom. The third-order valence-corrected chi connectivity index (χ3v) is 4.67. The van der Waals surface area contributed by atoms with Gasteiger partial charge >= 0.3 is 6.03 Å². The van der Waals surface area contributed by atoms with Crippen LogP contribution in [0.25, 0.3) is 0 Å². The van der Waals surface area contributed by atoms with Gasteiger partial charge in [-0.05, 0) is 31.7 Å². The molecule has 2 N–H and O–H groups in total. The van der Waals surface area contributed by atoms with Gasteiger partial charge in [0.25, 0.3) is 0 Å². The van der Waals surface area contributed by atoms with Gasteiger partial charge in [-0.15, -0.1) is 22.7 Å². The third kappa shape index (κ3) is 4.33.